The molecule has 1 fully saturated rings. The van der Waals surface area contributed by atoms with Gasteiger partial charge in [0.05, 0.1) is 16.0 Å². The zero-order valence-electron chi connectivity index (χ0n) is 20.5. The second kappa shape index (κ2) is 12.6. The van der Waals surface area contributed by atoms with Crippen molar-refractivity contribution in [1.29, 1.82) is 0 Å². The standard InChI is InChI=1S/C23H22ClF3N2O3S.C2HF3O2/c24-21-11-17-14-28-10-9-16(17)12-22(21)32-19-5-3-18(4-6-19)29-13-15-1-7-20(8-2-15)33(30,31)23(25,26)27;3-2(4,5)1(6)7/h1-2,7-12,14,18-19,29H,3-6,13H2;(H,6,7). The Labute approximate surface area is 230 Å². The highest BCUT2D eigenvalue weighted by Crippen LogP contribution is 2.33. The molecular weight excluding hydrogens is 590 g/mol. The van der Waals surface area contributed by atoms with E-state index in [1.54, 1.807) is 12.4 Å². The van der Waals surface area contributed by atoms with E-state index in [0.29, 0.717) is 22.9 Å². The number of hydrogen-bond donors (Lipinski definition) is 2. The van der Waals surface area contributed by atoms with Gasteiger partial charge in [0.1, 0.15) is 5.75 Å². The molecule has 0 unspecified atom stereocenters. The normalized spacial score (nSPS) is 18.1. The minimum absolute atomic E-state index is 0.0479. The Morgan fingerprint density at radius 3 is 2.15 bits per heavy atom. The van der Waals surface area contributed by atoms with E-state index in [9.17, 15) is 34.8 Å². The molecule has 1 aliphatic rings. The van der Waals surface area contributed by atoms with Gasteiger partial charge in [-0.3, -0.25) is 4.98 Å². The third-order valence-corrected chi connectivity index (χ3v) is 7.83. The summed E-state index contributed by atoms with van der Waals surface area (Å²) in [6.45, 7) is 0.438. The van der Waals surface area contributed by atoms with Crippen LogP contribution in [0.5, 0.6) is 5.75 Å². The SMILES string of the molecule is O=C(O)C(F)(F)F.O=S(=O)(c1ccc(CNC2CCC(Oc3cc4ccncc4cc3Cl)CC2)cc1)C(F)(F)F. The summed E-state index contributed by atoms with van der Waals surface area (Å²) in [7, 11) is -5.32. The van der Waals surface area contributed by atoms with Crippen LogP contribution in [0.1, 0.15) is 31.2 Å². The Morgan fingerprint density at radius 2 is 1.60 bits per heavy atom. The zero-order valence-corrected chi connectivity index (χ0v) is 22.0. The Kier molecular flexibility index (Phi) is 9.90. The quantitative estimate of drug-likeness (QED) is 0.315. The zero-order chi connectivity index (χ0) is 29.7. The van der Waals surface area contributed by atoms with Crippen molar-refractivity contribution >= 4 is 38.2 Å². The minimum Gasteiger partial charge on any atom is -0.489 e. The highest BCUT2D eigenvalue weighted by molar-refractivity contribution is 7.92. The number of nitrogens with one attached hydrogen (secondary N) is 1. The first-order chi connectivity index (χ1) is 18.6. The number of carbonyl (C=O) groups is 1. The van der Waals surface area contributed by atoms with Crippen LogP contribution in [0.25, 0.3) is 10.8 Å². The number of ether oxygens (including phenoxy) is 1. The van der Waals surface area contributed by atoms with Crippen molar-refractivity contribution in [3.63, 3.8) is 0 Å². The van der Waals surface area contributed by atoms with Crippen molar-refractivity contribution in [2.45, 2.75) is 61.0 Å². The maximum Gasteiger partial charge on any atom is 0.501 e. The van der Waals surface area contributed by atoms with Crippen molar-refractivity contribution in [1.82, 2.24) is 10.3 Å². The van der Waals surface area contributed by atoms with Crippen molar-refractivity contribution in [2.24, 2.45) is 0 Å². The molecule has 0 atom stereocenters. The summed E-state index contributed by atoms with van der Waals surface area (Å²) in [5.74, 6) is -2.10. The molecule has 0 radical (unpaired) electrons. The molecule has 0 aliphatic heterocycles. The lowest BCUT2D eigenvalue weighted by Gasteiger charge is -2.30. The summed E-state index contributed by atoms with van der Waals surface area (Å²) in [6.07, 6.45) is 1.87. The van der Waals surface area contributed by atoms with E-state index in [1.165, 1.54) is 12.1 Å². The van der Waals surface area contributed by atoms with Crippen LogP contribution in [0.4, 0.5) is 26.3 Å². The van der Waals surface area contributed by atoms with Crippen LogP contribution >= 0.6 is 11.6 Å². The third kappa shape index (κ3) is 8.21. The van der Waals surface area contributed by atoms with Gasteiger partial charge in [0.15, 0.2) is 0 Å². The van der Waals surface area contributed by atoms with Gasteiger partial charge in [-0.25, -0.2) is 13.2 Å². The van der Waals surface area contributed by atoms with Gasteiger partial charge in [-0.05, 0) is 67.0 Å². The first kappa shape index (κ1) is 31.4. The van der Waals surface area contributed by atoms with Gasteiger partial charge < -0.3 is 15.2 Å². The van der Waals surface area contributed by atoms with E-state index in [4.69, 9.17) is 26.2 Å². The van der Waals surface area contributed by atoms with Crippen molar-refractivity contribution in [3.8, 4) is 5.75 Å². The van der Waals surface area contributed by atoms with Gasteiger partial charge in [-0.2, -0.15) is 26.3 Å². The summed E-state index contributed by atoms with van der Waals surface area (Å²) in [6, 6.07) is 10.7. The molecule has 1 aromatic heterocycles. The molecule has 0 saturated heterocycles. The molecule has 1 heterocycles. The molecule has 1 saturated carbocycles. The number of carboxylic acids is 1. The topological polar surface area (TPSA) is 106 Å². The summed E-state index contributed by atoms with van der Waals surface area (Å²) in [5, 5.41) is 13.0. The molecule has 0 spiro atoms. The number of pyridine rings is 1. The van der Waals surface area contributed by atoms with Crippen LogP contribution < -0.4 is 10.1 Å². The first-order valence-electron chi connectivity index (χ1n) is 11.7. The molecule has 0 amide bonds. The number of rotatable bonds is 6. The minimum atomic E-state index is -5.32. The molecule has 2 aromatic carbocycles. The molecule has 40 heavy (non-hydrogen) atoms. The van der Waals surface area contributed by atoms with E-state index in [2.05, 4.69) is 10.3 Å². The molecule has 15 heteroatoms. The number of nitrogens with zero attached hydrogens (tertiary/aromatic N) is 1. The molecule has 218 valence electrons. The van der Waals surface area contributed by atoms with E-state index in [-0.39, 0.29) is 12.1 Å². The highest BCUT2D eigenvalue weighted by atomic mass is 35.5. The lowest BCUT2D eigenvalue weighted by Crippen LogP contribution is -2.36. The summed E-state index contributed by atoms with van der Waals surface area (Å²) >= 11 is 6.37. The predicted molar refractivity (Wildman–Crippen MR) is 134 cm³/mol. The van der Waals surface area contributed by atoms with Crippen LogP contribution in [0.2, 0.25) is 5.02 Å². The average molecular weight is 613 g/mol. The number of benzene rings is 2. The Hall–Kier alpha value is -3.10. The number of fused-ring (bicyclic) bond motifs is 1. The molecule has 0 bridgehead atoms. The fraction of sp³-hybridized carbons (Fsp3) is 0.360. The predicted octanol–water partition coefficient (Wildman–Crippen LogP) is 6.29. The van der Waals surface area contributed by atoms with Crippen LogP contribution in [0, 0.1) is 0 Å². The largest absolute Gasteiger partial charge is 0.501 e. The molecule has 4 rings (SSSR count). The maximum atomic E-state index is 12.7. The molecule has 7 nitrogen and oxygen atoms in total. The lowest BCUT2D eigenvalue weighted by atomic mass is 9.92. The van der Waals surface area contributed by atoms with Gasteiger partial charge in [0.25, 0.3) is 9.84 Å². The lowest BCUT2D eigenvalue weighted by molar-refractivity contribution is -0.192. The first-order valence-corrected chi connectivity index (χ1v) is 13.6. The average Bonchev–Trinajstić information content (AvgIpc) is 2.88. The van der Waals surface area contributed by atoms with Crippen molar-refractivity contribution in [2.75, 3.05) is 0 Å². The molecule has 1 aliphatic carbocycles. The monoisotopic (exact) mass is 612 g/mol. The number of hydrogen-bond acceptors (Lipinski definition) is 6. The highest BCUT2D eigenvalue weighted by Gasteiger charge is 2.46. The fourth-order valence-electron chi connectivity index (χ4n) is 3.92. The van der Waals surface area contributed by atoms with Crippen molar-refractivity contribution < 1.29 is 49.4 Å². The van der Waals surface area contributed by atoms with E-state index in [0.717, 1.165) is 48.6 Å². The summed E-state index contributed by atoms with van der Waals surface area (Å²) < 4.78 is 98.7. The van der Waals surface area contributed by atoms with Crippen LogP contribution in [0.3, 0.4) is 0 Å². The Morgan fingerprint density at radius 1 is 1.00 bits per heavy atom. The Balaban J connectivity index is 0.000000559. The van der Waals surface area contributed by atoms with Crippen molar-refractivity contribution in [3.05, 3.63) is 65.4 Å². The summed E-state index contributed by atoms with van der Waals surface area (Å²) in [4.78, 5) is 12.2. The second-order valence-corrected chi connectivity index (χ2v) is 11.2. The number of carboxylic acid groups (broad SMARTS) is 1. The number of halogens is 7. The van der Waals surface area contributed by atoms with Gasteiger partial charge in [0.2, 0.25) is 0 Å². The number of aromatic nitrogens is 1. The summed E-state index contributed by atoms with van der Waals surface area (Å²) in [5.41, 5.74) is -4.59. The fourth-order valence-corrected chi connectivity index (χ4v) is 4.90. The molecular formula is C25H23ClF6N2O5S. The van der Waals surface area contributed by atoms with Gasteiger partial charge in [-0.1, -0.05) is 23.7 Å². The van der Waals surface area contributed by atoms with Crippen LogP contribution in [0.15, 0.2) is 59.8 Å². The molecule has 3 aromatic rings. The number of aliphatic carboxylic acids is 1. The second-order valence-electron chi connectivity index (χ2n) is 8.87. The van der Waals surface area contributed by atoms with Gasteiger partial charge in [-0.15, -0.1) is 0 Å². The van der Waals surface area contributed by atoms with Crippen LogP contribution in [-0.4, -0.2) is 48.3 Å². The number of alkyl halides is 6. The smallest absolute Gasteiger partial charge is 0.489 e. The van der Waals surface area contributed by atoms with E-state index < -0.39 is 32.4 Å². The Bertz CT molecular complexity index is 1420. The van der Waals surface area contributed by atoms with E-state index >= 15 is 0 Å². The third-order valence-electron chi connectivity index (χ3n) is 6.03. The van der Waals surface area contributed by atoms with Gasteiger partial charge >= 0.3 is 17.7 Å². The van der Waals surface area contributed by atoms with E-state index in [1.807, 2.05) is 18.2 Å². The molecule has 2 N–H and O–H groups in total. The van der Waals surface area contributed by atoms with Crippen LogP contribution in [-0.2, 0) is 21.2 Å². The maximum absolute atomic E-state index is 12.7. The van der Waals surface area contributed by atoms with Gasteiger partial charge in [0, 0.05) is 30.4 Å². The number of sulfone groups is 1.